The van der Waals surface area contributed by atoms with Crippen LogP contribution in [-0.2, 0) is 11.3 Å². The summed E-state index contributed by atoms with van der Waals surface area (Å²) in [6, 6.07) is 7.38. The molecule has 0 radical (unpaired) electrons. The van der Waals surface area contributed by atoms with Crippen LogP contribution < -0.4 is 5.32 Å². The smallest absolute Gasteiger partial charge is 0.238 e. The Bertz CT molecular complexity index is 628. The molecule has 1 aromatic heterocycles. The van der Waals surface area contributed by atoms with Gasteiger partial charge in [-0.05, 0) is 30.7 Å². The number of carbonyl (C=O) groups is 1. The zero-order valence-corrected chi connectivity index (χ0v) is 12.6. The van der Waals surface area contributed by atoms with Crippen molar-refractivity contribution in [3.63, 3.8) is 0 Å². The first-order valence-electron chi connectivity index (χ1n) is 6.47. The molecule has 0 aliphatic heterocycles. The van der Waals surface area contributed by atoms with Crippen molar-refractivity contribution in [1.29, 1.82) is 0 Å². The van der Waals surface area contributed by atoms with Gasteiger partial charge in [-0.15, -0.1) is 0 Å². The molecule has 20 heavy (non-hydrogen) atoms. The Hall–Kier alpha value is -1.65. The van der Waals surface area contributed by atoms with Crippen LogP contribution in [0.5, 0.6) is 0 Å². The molecule has 1 atom stereocenters. The highest BCUT2D eigenvalue weighted by Crippen LogP contribution is 2.24. The molecular formula is C15H18ClN3O. The molecule has 2 rings (SSSR count). The Balaban J connectivity index is 2.19. The van der Waals surface area contributed by atoms with Gasteiger partial charge in [0.25, 0.3) is 0 Å². The number of hydrogen-bond donors (Lipinski definition) is 1. The molecule has 1 N–H and O–H groups in total. The zero-order valence-electron chi connectivity index (χ0n) is 11.9. The van der Waals surface area contributed by atoms with Gasteiger partial charge in [-0.1, -0.05) is 17.7 Å². The summed E-state index contributed by atoms with van der Waals surface area (Å²) in [7, 11) is 3.50. The average Bonchev–Trinajstić information content (AvgIpc) is 2.45. The number of nitrogens with one attached hydrogen (secondary N) is 1. The van der Waals surface area contributed by atoms with Gasteiger partial charge in [0.15, 0.2) is 0 Å². The number of rotatable bonds is 4. The Morgan fingerprint density at radius 1 is 1.40 bits per heavy atom. The van der Waals surface area contributed by atoms with E-state index in [0.29, 0.717) is 11.6 Å². The summed E-state index contributed by atoms with van der Waals surface area (Å²) < 4.78 is 0. The second-order valence-corrected chi connectivity index (χ2v) is 5.35. The molecule has 0 bridgehead atoms. The van der Waals surface area contributed by atoms with Crippen LogP contribution in [0.15, 0.2) is 30.5 Å². The van der Waals surface area contributed by atoms with E-state index in [1.54, 1.807) is 25.2 Å². The van der Waals surface area contributed by atoms with E-state index < -0.39 is 0 Å². The van der Waals surface area contributed by atoms with Crippen LogP contribution in [0.3, 0.4) is 0 Å². The second-order valence-electron chi connectivity index (χ2n) is 4.94. The van der Waals surface area contributed by atoms with E-state index in [0.717, 1.165) is 16.5 Å². The Labute approximate surface area is 123 Å². The minimum Gasteiger partial charge on any atom is -0.347 e. The summed E-state index contributed by atoms with van der Waals surface area (Å²) >= 11 is 6.16. The lowest BCUT2D eigenvalue weighted by Gasteiger charge is -2.18. The van der Waals surface area contributed by atoms with E-state index in [1.165, 1.54) is 0 Å². The maximum absolute atomic E-state index is 11.8. The Morgan fingerprint density at radius 2 is 2.15 bits per heavy atom. The minimum absolute atomic E-state index is 0.0521. The standard InChI is InChI=1S/C15H18ClN3O/c1-10(15(20)19(2)3)18-9-11-6-7-13(16)12-5-4-8-17-14(11)12/h4-8,10,18H,9H2,1-3H3. The van der Waals surface area contributed by atoms with E-state index in [9.17, 15) is 4.79 Å². The number of aromatic nitrogens is 1. The molecule has 106 valence electrons. The van der Waals surface area contributed by atoms with Crippen molar-refractivity contribution in [2.75, 3.05) is 14.1 Å². The third-order valence-corrected chi connectivity index (χ3v) is 3.54. The van der Waals surface area contributed by atoms with Crippen molar-refractivity contribution < 1.29 is 4.79 Å². The van der Waals surface area contributed by atoms with Crippen LogP contribution in [0.4, 0.5) is 0 Å². The molecule has 0 saturated carbocycles. The van der Waals surface area contributed by atoms with Crippen molar-refractivity contribution in [2.45, 2.75) is 19.5 Å². The molecule has 0 saturated heterocycles. The average molecular weight is 292 g/mol. The second kappa shape index (κ2) is 6.20. The lowest BCUT2D eigenvalue weighted by molar-refractivity contribution is -0.130. The fourth-order valence-electron chi connectivity index (χ4n) is 2.08. The van der Waals surface area contributed by atoms with Crippen LogP contribution in [0.1, 0.15) is 12.5 Å². The number of benzene rings is 1. The van der Waals surface area contributed by atoms with Gasteiger partial charge >= 0.3 is 0 Å². The third kappa shape index (κ3) is 3.08. The van der Waals surface area contributed by atoms with Gasteiger partial charge in [0.2, 0.25) is 5.91 Å². The summed E-state index contributed by atoms with van der Waals surface area (Å²) in [4.78, 5) is 17.8. The number of hydrogen-bond acceptors (Lipinski definition) is 3. The van der Waals surface area contributed by atoms with Crippen LogP contribution >= 0.6 is 11.6 Å². The molecule has 1 amide bonds. The lowest BCUT2D eigenvalue weighted by Crippen LogP contribution is -2.41. The molecule has 0 spiro atoms. The molecule has 0 aliphatic rings. The molecule has 0 aliphatic carbocycles. The van der Waals surface area contributed by atoms with Crippen molar-refractivity contribution in [1.82, 2.24) is 15.2 Å². The van der Waals surface area contributed by atoms with Gasteiger partial charge in [-0.2, -0.15) is 0 Å². The van der Waals surface area contributed by atoms with Crippen molar-refractivity contribution >= 4 is 28.4 Å². The Morgan fingerprint density at radius 3 is 2.85 bits per heavy atom. The van der Waals surface area contributed by atoms with Gasteiger partial charge < -0.3 is 10.2 Å². The van der Waals surface area contributed by atoms with E-state index in [1.807, 2.05) is 31.2 Å². The predicted molar refractivity (Wildman–Crippen MR) is 81.7 cm³/mol. The van der Waals surface area contributed by atoms with Gasteiger partial charge in [0, 0.05) is 37.2 Å². The number of fused-ring (bicyclic) bond motifs is 1. The highest BCUT2D eigenvalue weighted by Gasteiger charge is 2.14. The Kier molecular flexibility index (Phi) is 4.57. The predicted octanol–water partition coefficient (Wildman–Crippen LogP) is 2.45. The van der Waals surface area contributed by atoms with Crippen LogP contribution in [0.2, 0.25) is 5.02 Å². The quantitative estimate of drug-likeness (QED) is 0.941. The normalized spacial score (nSPS) is 12.4. The largest absolute Gasteiger partial charge is 0.347 e. The van der Waals surface area contributed by atoms with Crippen LogP contribution in [0, 0.1) is 0 Å². The van der Waals surface area contributed by atoms with Gasteiger partial charge in [-0.25, -0.2) is 0 Å². The first-order valence-corrected chi connectivity index (χ1v) is 6.85. The summed E-state index contributed by atoms with van der Waals surface area (Å²) in [5, 5.41) is 4.84. The van der Waals surface area contributed by atoms with Gasteiger partial charge in [0.05, 0.1) is 11.6 Å². The summed E-state index contributed by atoms with van der Waals surface area (Å²) in [5.41, 5.74) is 1.90. The third-order valence-electron chi connectivity index (χ3n) is 3.21. The number of pyridine rings is 1. The SMILES string of the molecule is CC(NCc1ccc(Cl)c2cccnc12)C(=O)N(C)C. The van der Waals surface area contributed by atoms with E-state index in [2.05, 4.69) is 10.3 Å². The van der Waals surface area contributed by atoms with Gasteiger partial charge in [0.1, 0.15) is 0 Å². The molecule has 1 aromatic carbocycles. The number of amides is 1. The molecular weight excluding hydrogens is 274 g/mol. The zero-order chi connectivity index (χ0) is 14.7. The highest BCUT2D eigenvalue weighted by molar-refractivity contribution is 6.35. The summed E-state index contributed by atoms with van der Waals surface area (Å²) in [6.07, 6.45) is 1.75. The first kappa shape index (κ1) is 14.8. The molecule has 4 nitrogen and oxygen atoms in total. The topological polar surface area (TPSA) is 45.2 Å². The molecule has 1 unspecified atom stereocenters. The molecule has 5 heteroatoms. The van der Waals surface area contributed by atoms with Crippen LogP contribution in [0.25, 0.3) is 10.9 Å². The van der Waals surface area contributed by atoms with Gasteiger partial charge in [-0.3, -0.25) is 9.78 Å². The van der Waals surface area contributed by atoms with Crippen molar-refractivity contribution in [2.24, 2.45) is 0 Å². The number of halogens is 1. The van der Waals surface area contributed by atoms with E-state index >= 15 is 0 Å². The summed E-state index contributed by atoms with van der Waals surface area (Å²) in [5.74, 6) is 0.0521. The lowest BCUT2D eigenvalue weighted by atomic mass is 10.1. The highest BCUT2D eigenvalue weighted by atomic mass is 35.5. The molecule has 1 heterocycles. The number of likely N-dealkylation sites (N-methyl/N-ethyl adjacent to an activating group) is 1. The maximum Gasteiger partial charge on any atom is 0.238 e. The number of carbonyl (C=O) groups excluding carboxylic acids is 1. The minimum atomic E-state index is -0.237. The summed E-state index contributed by atoms with van der Waals surface area (Å²) in [6.45, 7) is 2.43. The fraction of sp³-hybridized carbons (Fsp3) is 0.333. The molecule has 2 aromatic rings. The van der Waals surface area contributed by atoms with Crippen molar-refractivity contribution in [3.8, 4) is 0 Å². The number of nitrogens with zero attached hydrogens (tertiary/aromatic N) is 2. The monoisotopic (exact) mass is 291 g/mol. The van der Waals surface area contributed by atoms with E-state index in [4.69, 9.17) is 11.6 Å². The fourth-order valence-corrected chi connectivity index (χ4v) is 2.29. The maximum atomic E-state index is 11.8. The van der Waals surface area contributed by atoms with Crippen molar-refractivity contribution in [3.05, 3.63) is 41.0 Å². The van der Waals surface area contributed by atoms with Crippen LogP contribution in [-0.4, -0.2) is 35.9 Å². The van der Waals surface area contributed by atoms with E-state index in [-0.39, 0.29) is 11.9 Å². The first-order chi connectivity index (χ1) is 9.50. The molecule has 0 fully saturated rings.